The third-order valence-corrected chi connectivity index (χ3v) is 4.44. The number of phosphoric acid groups is 1. The van der Waals surface area contributed by atoms with Gasteiger partial charge in [-0.15, -0.1) is 0 Å². The van der Waals surface area contributed by atoms with Crippen molar-refractivity contribution in [2.45, 2.75) is 25.7 Å². The van der Waals surface area contributed by atoms with Crippen LogP contribution in [0.3, 0.4) is 0 Å². The second-order valence-electron chi connectivity index (χ2n) is 5.53. The van der Waals surface area contributed by atoms with E-state index < -0.39 is 7.82 Å². The number of rotatable bonds is 5. The molecule has 0 spiro atoms. The van der Waals surface area contributed by atoms with Gasteiger partial charge in [0.15, 0.2) is 0 Å². The number of nitrogen functional groups attached to an aromatic ring is 1. The molecule has 0 saturated carbocycles. The molecule has 1 aromatic carbocycles. The third kappa shape index (κ3) is 10.8. The number of carbonyl (C=O) groups excluding carboxylic acids is 1. The monoisotopic (exact) mass is 376 g/mol. The molecule has 1 aliphatic heterocycles. The van der Waals surface area contributed by atoms with Gasteiger partial charge in [0.1, 0.15) is 0 Å². The molecule has 0 amide bonds. The summed E-state index contributed by atoms with van der Waals surface area (Å²) in [6.07, 6.45) is 5.13. The van der Waals surface area contributed by atoms with E-state index in [0.717, 1.165) is 24.3 Å². The van der Waals surface area contributed by atoms with Gasteiger partial charge in [-0.2, -0.15) is 0 Å². The van der Waals surface area contributed by atoms with Gasteiger partial charge in [0, 0.05) is 17.0 Å². The molecule has 1 heterocycles. The fourth-order valence-corrected chi connectivity index (χ4v) is 3.10. The molecule has 0 bridgehead atoms. The number of likely N-dealkylation sites (tertiary alicyclic amines) is 1. The van der Waals surface area contributed by atoms with Gasteiger partial charge in [-0.3, -0.25) is 4.79 Å². The van der Waals surface area contributed by atoms with E-state index in [9.17, 15) is 4.79 Å². The molecule has 0 unspecified atom stereocenters. The van der Waals surface area contributed by atoms with E-state index in [1.807, 2.05) is 0 Å². The first kappa shape index (κ1) is 21.2. The summed E-state index contributed by atoms with van der Waals surface area (Å²) < 4.78 is 8.88. The second kappa shape index (κ2) is 10.9. The Kier molecular flexibility index (Phi) is 9.58. The van der Waals surface area contributed by atoms with Crippen molar-refractivity contribution in [1.29, 1.82) is 0 Å². The number of carbonyl (C=O) groups is 1. The van der Waals surface area contributed by atoms with Gasteiger partial charge in [0.25, 0.3) is 0 Å². The number of nitrogens with zero attached hydrogens (tertiary/aromatic N) is 1. The predicted molar refractivity (Wildman–Crippen MR) is 96.8 cm³/mol. The standard InChI is InChI=1S/C15H22N2OS.H3O4P/c16-14-7-5-13(6-8-14)15(18)19-12-4-11-17-9-2-1-3-10-17;1-5(2,3)4/h5-8H,1-4,9-12,16H2;(H3,1,2,3,4). The Bertz CT molecular complexity index is 535. The minimum absolute atomic E-state index is 0.152. The summed E-state index contributed by atoms with van der Waals surface area (Å²) in [6.45, 7) is 3.59. The molecule has 136 valence electrons. The Balaban J connectivity index is 0.000000505. The third-order valence-electron chi connectivity index (χ3n) is 3.45. The zero-order valence-corrected chi connectivity index (χ0v) is 15.2. The van der Waals surface area contributed by atoms with Gasteiger partial charge in [-0.1, -0.05) is 18.2 Å². The molecule has 7 nitrogen and oxygen atoms in total. The first-order valence-electron chi connectivity index (χ1n) is 7.79. The highest BCUT2D eigenvalue weighted by Gasteiger charge is 2.10. The minimum atomic E-state index is -4.64. The van der Waals surface area contributed by atoms with E-state index in [2.05, 4.69) is 4.90 Å². The van der Waals surface area contributed by atoms with E-state index in [1.54, 1.807) is 24.3 Å². The molecule has 2 rings (SSSR count). The molecule has 5 N–H and O–H groups in total. The molecule has 1 aliphatic rings. The van der Waals surface area contributed by atoms with Gasteiger partial charge in [0.05, 0.1) is 0 Å². The van der Waals surface area contributed by atoms with Crippen LogP contribution in [0.15, 0.2) is 24.3 Å². The normalized spacial score (nSPS) is 15.5. The van der Waals surface area contributed by atoms with Crippen LogP contribution in [0.5, 0.6) is 0 Å². The molecule has 0 radical (unpaired) electrons. The number of benzene rings is 1. The Morgan fingerprint density at radius 3 is 2.21 bits per heavy atom. The average molecular weight is 376 g/mol. The second-order valence-corrected chi connectivity index (χ2v) is 7.62. The molecule has 24 heavy (non-hydrogen) atoms. The topological polar surface area (TPSA) is 124 Å². The first-order chi connectivity index (χ1) is 11.3. The molecule has 1 saturated heterocycles. The molecule has 0 aliphatic carbocycles. The summed E-state index contributed by atoms with van der Waals surface area (Å²) in [6, 6.07) is 7.16. The maximum absolute atomic E-state index is 11.9. The summed E-state index contributed by atoms with van der Waals surface area (Å²) in [5.74, 6) is 0.902. The van der Waals surface area contributed by atoms with Crippen LogP contribution in [0.25, 0.3) is 0 Å². The quantitative estimate of drug-likeness (QED) is 0.350. The van der Waals surface area contributed by atoms with E-state index in [1.165, 1.54) is 44.1 Å². The summed E-state index contributed by atoms with van der Waals surface area (Å²) in [5, 5.41) is 0.152. The lowest BCUT2D eigenvalue weighted by Crippen LogP contribution is -2.30. The van der Waals surface area contributed by atoms with Crippen molar-refractivity contribution in [2.24, 2.45) is 0 Å². The number of hydrogen-bond acceptors (Lipinski definition) is 5. The zero-order chi connectivity index (χ0) is 18.0. The molecular weight excluding hydrogens is 351 g/mol. The van der Waals surface area contributed by atoms with Gasteiger partial charge >= 0.3 is 7.82 Å². The van der Waals surface area contributed by atoms with Crippen molar-refractivity contribution in [3.63, 3.8) is 0 Å². The summed E-state index contributed by atoms with van der Waals surface area (Å²) >= 11 is 1.42. The summed E-state index contributed by atoms with van der Waals surface area (Å²) in [5.41, 5.74) is 7.06. The van der Waals surface area contributed by atoms with Gasteiger partial charge in [-0.25, -0.2) is 4.57 Å². The number of anilines is 1. The predicted octanol–water partition coefficient (Wildman–Crippen LogP) is 2.09. The molecule has 0 atom stereocenters. The number of hydrogen-bond donors (Lipinski definition) is 4. The Labute approximate surface area is 146 Å². The minimum Gasteiger partial charge on any atom is -0.399 e. The molecule has 9 heteroatoms. The lowest BCUT2D eigenvalue weighted by Gasteiger charge is -2.26. The summed E-state index contributed by atoms with van der Waals surface area (Å²) in [7, 11) is -4.64. The van der Waals surface area contributed by atoms with E-state index >= 15 is 0 Å². The lowest BCUT2D eigenvalue weighted by molar-refractivity contribution is 0.108. The van der Waals surface area contributed by atoms with E-state index in [0.29, 0.717) is 5.69 Å². The van der Waals surface area contributed by atoms with Crippen LogP contribution in [0, 0.1) is 0 Å². The van der Waals surface area contributed by atoms with Crippen LogP contribution in [0.2, 0.25) is 0 Å². The Morgan fingerprint density at radius 1 is 1.12 bits per heavy atom. The fraction of sp³-hybridized carbons (Fsp3) is 0.533. The van der Waals surface area contributed by atoms with Crippen molar-refractivity contribution < 1.29 is 24.0 Å². The average Bonchev–Trinajstić information content (AvgIpc) is 2.51. The van der Waals surface area contributed by atoms with Crippen molar-refractivity contribution in [3.05, 3.63) is 29.8 Å². The largest absolute Gasteiger partial charge is 0.466 e. The van der Waals surface area contributed by atoms with Crippen LogP contribution < -0.4 is 5.73 Å². The molecule has 0 aromatic heterocycles. The fourth-order valence-electron chi connectivity index (χ4n) is 2.34. The highest BCUT2D eigenvalue weighted by Crippen LogP contribution is 2.25. The summed E-state index contributed by atoms with van der Waals surface area (Å²) in [4.78, 5) is 36.0. The van der Waals surface area contributed by atoms with Crippen LogP contribution in [0.4, 0.5) is 5.69 Å². The zero-order valence-electron chi connectivity index (χ0n) is 13.5. The SMILES string of the molecule is Nc1ccc(C(=O)SCCCN2CCCCC2)cc1.O=P(O)(O)O. The highest BCUT2D eigenvalue weighted by atomic mass is 32.2. The smallest absolute Gasteiger partial charge is 0.399 e. The maximum Gasteiger partial charge on any atom is 0.466 e. The van der Waals surface area contributed by atoms with Crippen molar-refractivity contribution in [3.8, 4) is 0 Å². The number of nitrogens with two attached hydrogens (primary N) is 1. The van der Waals surface area contributed by atoms with Crippen LogP contribution in [-0.4, -0.2) is 50.1 Å². The number of thioether (sulfide) groups is 1. The van der Waals surface area contributed by atoms with Crippen molar-refractivity contribution in [1.82, 2.24) is 4.90 Å². The van der Waals surface area contributed by atoms with Crippen molar-refractivity contribution in [2.75, 3.05) is 31.1 Å². The van der Waals surface area contributed by atoms with Crippen molar-refractivity contribution >= 4 is 30.4 Å². The van der Waals surface area contributed by atoms with Gasteiger partial charge in [-0.05, 0) is 63.2 Å². The highest BCUT2D eigenvalue weighted by molar-refractivity contribution is 8.14. The van der Waals surface area contributed by atoms with Gasteiger partial charge < -0.3 is 25.3 Å². The van der Waals surface area contributed by atoms with Crippen LogP contribution >= 0.6 is 19.6 Å². The van der Waals surface area contributed by atoms with E-state index in [4.69, 9.17) is 25.0 Å². The molecule has 1 aromatic rings. The Morgan fingerprint density at radius 2 is 1.67 bits per heavy atom. The molecular formula is C15H25N2O5PS. The lowest BCUT2D eigenvalue weighted by atomic mass is 10.1. The maximum atomic E-state index is 11.9. The van der Waals surface area contributed by atoms with Crippen LogP contribution in [-0.2, 0) is 4.57 Å². The van der Waals surface area contributed by atoms with E-state index in [-0.39, 0.29) is 5.12 Å². The van der Waals surface area contributed by atoms with Gasteiger partial charge in [0.2, 0.25) is 5.12 Å². The first-order valence-corrected chi connectivity index (χ1v) is 10.3. The van der Waals surface area contributed by atoms with Crippen LogP contribution in [0.1, 0.15) is 36.0 Å². The molecule has 1 fully saturated rings. The Hall–Kier alpha value is -0.890. The number of piperidine rings is 1.